The zero-order chi connectivity index (χ0) is 41.3. The zero-order valence-electron chi connectivity index (χ0n) is 35.7. The minimum atomic E-state index is -2.24. The second-order valence-electron chi connectivity index (χ2n) is 15.8. The Bertz CT molecular complexity index is 1920. The summed E-state index contributed by atoms with van der Waals surface area (Å²) in [6.07, 6.45) is 10.9. The summed E-state index contributed by atoms with van der Waals surface area (Å²) in [5, 5.41) is 8.19. The number of unbranched alkanes of at least 4 members (excludes halogenated alkanes) is 6. The molecule has 0 amide bonds. The molecule has 0 fully saturated rings. The van der Waals surface area contributed by atoms with E-state index in [9.17, 15) is 0 Å². The molecular weight excluding hydrogens is 767 g/mol. The summed E-state index contributed by atoms with van der Waals surface area (Å²) in [6, 6.07) is 72.2. The summed E-state index contributed by atoms with van der Waals surface area (Å²) in [5.41, 5.74) is 2.43. The molecule has 0 aromatic heterocycles. The van der Waals surface area contributed by atoms with Gasteiger partial charge in [-0.15, -0.1) is 0 Å². The monoisotopic (exact) mass is 828 g/mol. The maximum atomic E-state index is 7.10. The van der Waals surface area contributed by atoms with E-state index >= 15 is 0 Å². The van der Waals surface area contributed by atoms with Gasteiger partial charge in [-0.1, -0.05) is 162 Å². The van der Waals surface area contributed by atoms with Crippen LogP contribution in [0.25, 0.3) is 0 Å². The molecule has 0 spiro atoms. The van der Waals surface area contributed by atoms with Gasteiger partial charge in [0, 0.05) is 11.1 Å². The maximum absolute atomic E-state index is 7.10. The van der Waals surface area contributed by atoms with Crippen molar-refractivity contribution in [1.82, 2.24) is 0 Å². The van der Waals surface area contributed by atoms with Gasteiger partial charge in [-0.2, -0.15) is 0 Å². The Hall–Kier alpha value is -5.00. The second kappa shape index (κ2) is 22.0. The molecule has 60 heavy (non-hydrogen) atoms. The van der Waals surface area contributed by atoms with Gasteiger partial charge in [0.2, 0.25) is 0 Å². The third kappa shape index (κ3) is 10.1. The van der Waals surface area contributed by atoms with Crippen LogP contribution in [0, 0.1) is 0 Å². The highest BCUT2D eigenvalue weighted by Gasteiger charge is 2.48. The van der Waals surface area contributed by atoms with Gasteiger partial charge in [-0.25, -0.2) is 0 Å². The Kier molecular flexibility index (Phi) is 15.8. The van der Waals surface area contributed by atoms with Crippen LogP contribution in [0.3, 0.4) is 0 Å². The quantitative estimate of drug-likeness (QED) is 0.0501. The number of hydrogen-bond donors (Lipinski definition) is 0. The van der Waals surface area contributed by atoms with Crippen LogP contribution in [0.4, 0.5) is 0 Å². The van der Waals surface area contributed by atoms with Crippen LogP contribution in [0.5, 0.6) is 11.5 Å². The lowest BCUT2D eigenvalue weighted by Crippen LogP contribution is -2.33. The minimum absolute atomic E-state index is 0.688. The molecule has 2 nitrogen and oxygen atoms in total. The molecule has 0 unspecified atom stereocenters. The Morgan fingerprint density at radius 1 is 0.317 bits per heavy atom. The van der Waals surface area contributed by atoms with Crippen molar-refractivity contribution in [2.45, 2.75) is 77.5 Å². The fourth-order valence-corrected chi connectivity index (χ4v) is 17.1. The van der Waals surface area contributed by atoms with Crippen LogP contribution >= 0.6 is 14.5 Å². The molecule has 0 bridgehead atoms. The van der Waals surface area contributed by atoms with E-state index in [4.69, 9.17) is 9.47 Å². The fraction of sp³-hybridized carbons (Fsp3) is 0.250. The number of hydrogen-bond acceptors (Lipinski definition) is 2. The highest BCUT2D eigenvalue weighted by atomic mass is 31.2. The average Bonchev–Trinajstić information content (AvgIpc) is 3.32. The minimum Gasteiger partial charge on any atom is -0.493 e. The molecule has 0 aliphatic rings. The van der Waals surface area contributed by atoms with Gasteiger partial charge >= 0.3 is 0 Å². The van der Waals surface area contributed by atoms with Gasteiger partial charge < -0.3 is 9.47 Å². The fourth-order valence-electron chi connectivity index (χ4n) is 8.63. The Morgan fingerprint density at radius 3 is 0.800 bits per heavy atom. The SMILES string of the molecule is CCCCCCOc1cc(C[P+](c2ccccc2)(c2ccccc2)c2ccccc2)c(OCCCCCC)cc1C[P+](c1ccccc1)(c1ccccc1)c1ccccc1. The van der Waals surface area contributed by atoms with Crippen molar-refractivity contribution < 1.29 is 9.47 Å². The Labute approximate surface area is 361 Å². The van der Waals surface area contributed by atoms with Crippen LogP contribution in [0.2, 0.25) is 0 Å². The molecule has 0 aliphatic heterocycles. The molecule has 0 saturated carbocycles. The van der Waals surface area contributed by atoms with Crippen LogP contribution in [0.1, 0.15) is 76.3 Å². The maximum Gasteiger partial charge on any atom is 0.126 e. The van der Waals surface area contributed by atoms with Crippen LogP contribution in [-0.2, 0) is 12.3 Å². The molecule has 7 rings (SSSR count). The lowest BCUT2D eigenvalue weighted by molar-refractivity contribution is 0.293. The molecule has 7 aromatic carbocycles. The smallest absolute Gasteiger partial charge is 0.126 e. The largest absolute Gasteiger partial charge is 0.493 e. The first-order chi connectivity index (χ1) is 29.7. The van der Waals surface area contributed by atoms with E-state index in [1.54, 1.807) is 0 Å². The van der Waals surface area contributed by atoms with Crippen molar-refractivity contribution in [3.05, 3.63) is 205 Å². The number of rotatable bonds is 22. The van der Waals surface area contributed by atoms with Crippen molar-refractivity contribution in [3.63, 3.8) is 0 Å². The Balaban J connectivity index is 1.46. The molecule has 0 N–H and O–H groups in total. The van der Waals surface area contributed by atoms with E-state index in [2.05, 4.69) is 208 Å². The second-order valence-corrected chi connectivity index (χ2v) is 22.8. The lowest BCUT2D eigenvalue weighted by Gasteiger charge is -2.30. The highest BCUT2D eigenvalue weighted by Crippen LogP contribution is 2.62. The van der Waals surface area contributed by atoms with Crippen molar-refractivity contribution in [2.75, 3.05) is 13.2 Å². The normalized spacial score (nSPS) is 11.6. The number of ether oxygens (including phenoxy) is 2. The average molecular weight is 829 g/mol. The van der Waals surface area contributed by atoms with Gasteiger partial charge in [-0.3, -0.25) is 0 Å². The van der Waals surface area contributed by atoms with Crippen LogP contribution in [-0.4, -0.2) is 13.2 Å². The molecule has 306 valence electrons. The van der Waals surface area contributed by atoms with E-state index in [1.807, 2.05) is 0 Å². The van der Waals surface area contributed by atoms with Crippen molar-refractivity contribution in [3.8, 4) is 11.5 Å². The van der Waals surface area contributed by atoms with E-state index in [0.717, 1.165) is 49.5 Å². The van der Waals surface area contributed by atoms with Gasteiger partial charge in [0.25, 0.3) is 0 Å². The highest BCUT2D eigenvalue weighted by molar-refractivity contribution is 7.95. The molecule has 0 heterocycles. The first-order valence-electron chi connectivity index (χ1n) is 22.2. The summed E-state index contributed by atoms with van der Waals surface area (Å²) >= 11 is 0. The third-order valence-corrected chi connectivity index (χ3v) is 20.5. The summed E-state index contributed by atoms with van der Waals surface area (Å²) in [6.45, 7) is 5.92. The van der Waals surface area contributed by atoms with Crippen LogP contribution in [0.15, 0.2) is 194 Å². The van der Waals surface area contributed by atoms with E-state index < -0.39 is 14.5 Å². The molecule has 0 atom stereocenters. The van der Waals surface area contributed by atoms with Gasteiger partial charge in [0.05, 0.1) is 13.2 Å². The summed E-state index contributed by atoms with van der Waals surface area (Å²) < 4.78 is 14.2. The molecular formula is C56H62O2P2+2. The van der Waals surface area contributed by atoms with Crippen molar-refractivity contribution in [2.24, 2.45) is 0 Å². The third-order valence-electron chi connectivity index (χ3n) is 11.8. The topological polar surface area (TPSA) is 18.5 Å². The molecule has 4 heteroatoms. The van der Waals surface area contributed by atoms with Crippen LogP contribution < -0.4 is 41.3 Å². The summed E-state index contributed by atoms with van der Waals surface area (Å²) in [5.74, 6) is 1.97. The Morgan fingerprint density at radius 2 is 0.567 bits per heavy atom. The van der Waals surface area contributed by atoms with E-state index in [-0.39, 0.29) is 0 Å². The van der Waals surface area contributed by atoms with Crippen molar-refractivity contribution >= 4 is 46.4 Å². The van der Waals surface area contributed by atoms with E-state index in [0.29, 0.717) is 13.2 Å². The standard InChI is InChI=1S/C56H62O2P2/c1-3-5-7-27-41-57-55-43-48(46-60(52-35-21-12-22-36-52,53-37-23-13-24-38-53)54-39-25-14-26-40-54)56(58-42-28-8-6-4-2)44-47(55)45-59(49-29-15-9-16-30-49,50-31-17-10-18-32-50)51-33-19-11-20-34-51/h9-26,29-40,43-44H,3-8,27-28,41-42,45-46H2,1-2H3/q+2. The van der Waals surface area contributed by atoms with Gasteiger partial charge in [0.1, 0.15) is 70.2 Å². The molecule has 0 aliphatic carbocycles. The van der Waals surface area contributed by atoms with Gasteiger partial charge in [0.15, 0.2) is 0 Å². The molecule has 7 aromatic rings. The van der Waals surface area contributed by atoms with E-state index in [1.165, 1.54) is 68.6 Å². The van der Waals surface area contributed by atoms with Gasteiger partial charge in [-0.05, 0) is 97.8 Å². The summed E-state index contributed by atoms with van der Waals surface area (Å²) in [4.78, 5) is 0. The predicted molar refractivity (Wildman–Crippen MR) is 263 cm³/mol. The first kappa shape index (κ1) is 43.1. The molecule has 0 saturated heterocycles. The number of benzene rings is 7. The molecule has 0 radical (unpaired) electrons. The lowest BCUT2D eigenvalue weighted by atomic mass is 10.1. The first-order valence-corrected chi connectivity index (χ1v) is 26.1. The predicted octanol–water partition coefficient (Wildman–Crippen LogP) is 12.6. The summed E-state index contributed by atoms with van der Waals surface area (Å²) in [7, 11) is -4.48. The van der Waals surface area contributed by atoms with Crippen molar-refractivity contribution in [1.29, 1.82) is 0 Å². The zero-order valence-corrected chi connectivity index (χ0v) is 37.5.